The Morgan fingerprint density at radius 2 is 1.94 bits per heavy atom. The Balaban J connectivity index is 2.12. The second-order valence-electron chi connectivity index (χ2n) is 6.95. The first kappa shape index (κ1) is 21.7. The molecule has 8 heteroatoms. The fourth-order valence-electron chi connectivity index (χ4n) is 3.29. The van der Waals surface area contributed by atoms with Gasteiger partial charge < -0.3 is 26.2 Å². The first-order valence-electron chi connectivity index (χ1n) is 9.40. The number of hydrogen-bond donors (Lipinski definition) is 5. The average Bonchev–Trinajstić information content (AvgIpc) is 3.19. The number of fused-ring (bicyclic) bond motifs is 1. The Labute approximate surface area is 179 Å². The highest BCUT2D eigenvalue weighted by Gasteiger charge is 2.17. The highest BCUT2D eigenvalue weighted by molar-refractivity contribution is 6.06. The van der Waals surface area contributed by atoms with E-state index in [2.05, 4.69) is 28.9 Å². The van der Waals surface area contributed by atoms with Crippen LogP contribution < -0.4 is 22.3 Å². The number of nitrogen functional groups attached to an aromatic ring is 1. The van der Waals surface area contributed by atoms with Gasteiger partial charge in [0, 0.05) is 22.7 Å². The molecule has 0 unspecified atom stereocenters. The lowest BCUT2D eigenvalue weighted by Gasteiger charge is -2.17. The van der Waals surface area contributed by atoms with Gasteiger partial charge in [0.05, 0.1) is 17.1 Å². The SMILES string of the molecule is C=Cc1c(NN)cc(-c2cc(F)cc3[nH]ccc23)cc1NC(=O)/C(N)=C(\C)OC(=C)C. The molecule has 3 aromatic rings. The molecule has 1 heterocycles. The predicted molar refractivity (Wildman–Crippen MR) is 123 cm³/mol. The first-order valence-corrected chi connectivity index (χ1v) is 9.40. The minimum Gasteiger partial charge on any atom is -0.465 e. The molecule has 0 fully saturated rings. The van der Waals surface area contributed by atoms with E-state index in [0.29, 0.717) is 39.3 Å². The van der Waals surface area contributed by atoms with Crippen LogP contribution in [0.15, 0.2) is 66.9 Å². The molecule has 7 nitrogen and oxygen atoms in total. The number of carbonyl (C=O) groups excluding carboxylic acids is 1. The van der Waals surface area contributed by atoms with Gasteiger partial charge in [-0.1, -0.05) is 19.2 Å². The Hall–Kier alpha value is -4.04. The molecule has 0 radical (unpaired) electrons. The van der Waals surface area contributed by atoms with Crippen LogP contribution in [0, 0.1) is 5.82 Å². The number of nitrogens with one attached hydrogen (secondary N) is 3. The van der Waals surface area contributed by atoms with Gasteiger partial charge in [-0.2, -0.15) is 0 Å². The van der Waals surface area contributed by atoms with E-state index in [9.17, 15) is 9.18 Å². The number of aromatic nitrogens is 1. The van der Waals surface area contributed by atoms with Gasteiger partial charge in [-0.25, -0.2) is 4.39 Å². The van der Waals surface area contributed by atoms with Crippen molar-refractivity contribution < 1.29 is 13.9 Å². The molecular weight excluding hydrogens is 397 g/mol. The summed E-state index contributed by atoms with van der Waals surface area (Å²) in [6.45, 7) is 10.6. The van der Waals surface area contributed by atoms with Crippen LogP contribution in [-0.2, 0) is 9.53 Å². The molecule has 0 atom stereocenters. The number of ether oxygens (including phenoxy) is 1. The van der Waals surface area contributed by atoms with Gasteiger partial charge in [-0.05, 0) is 55.3 Å². The molecule has 0 aliphatic rings. The van der Waals surface area contributed by atoms with Crippen LogP contribution in [0.1, 0.15) is 19.4 Å². The lowest BCUT2D eigenvalue weighted by molar-refractivity contribution is -0.113. The number of anilines is 2. The van der Waals surface area contributed by atoms with Crippen LogP contribution in [0.25, 0.3) is 28.1 Å². The van der Waals surface area contributed by atoms with Gasteiger partial charge >= 0.3 is 0 Å². The molecule has 31 heavy (non-hydrogen) atoms. The largest absolute Gasteiger partial charge is 0.465 e. The summed E-state index contributed by atoms with van der Waals surface area (Å²) in [5.41, 5.74) is 11.8. The number of H-pyrrole nitrogens is 1. The molecule has 7 N–H and O–H groups in total. The standard InChI is InChI=1S/C23H24FN5O2/c1-5-16-20(28-23(30)22(25)13(4)31-12(2)3)8-14(9-21(16)29-26)18-10-15(24)11-19-17(18)6-7-27-19/h5-11,27,29H,1-2,25-26H2,3-4H3,(H,28,30)/b22-13-. The summed E-state index contributed by atoms with van der Waals surface area (Å²) in [7, 11) is 0. The second-order valence-corrected chi connectivity index (χ2v) is 6.95. The smallest absolute Gasteiger partial charge is 0.275 e. The fourth-order valence-corrected chi connectivity index (χ4v) is 3.29. The zero-order valence-corrected chi connectivity index (χ0v) is 17.3. The third-order valence-electron chi connectivity index (χ3n) is 4.68. The third kappa shape index (κ3) is 4.44. The average molecular weight is 421 g/mol. The van der Waals surface area contributed by atoms with Gasteiger partial charge in [-0.3, -0.25) is 10.6 Å². The lowest BCUT2D eigenvalue weighted by Crippen LogP contribution is -2.23. The summed E-state index contributed by atoms with van der Waals surface area (Å²) in [6, 6.07) is 8.14. The number of rotatable bonds is 7. The summed E-state index contributed by atoms with van der Waals surface area (Å²) < 4.78 is 19.5. The Bertz CT molecular complexity index is 1230. The number of hydrazine groups is 1. The molecule has 0 saturated carbocycles. The number of hydrogen-bond acceptors (Lipinski definition) is 5. The molecule has 160 valence electrons. The number of amides is 1. The minimum absolute atomic E-state index is 0.107. The lowest BCUT2D eigenvalue weighted by atomic mass is 9.97. The predicted octanol–water partition coefficient (Wildman–Crippen LogP) is 4.58. The quantitative estimate of drug-likeness (QED) is 0.166. The zero-order valence-electron chi connectivity index (χ0n) is 17.3. The van der Waals surface area contributed by atoms with Crippen LogP contribution in [-0.4, -0.2) is 10.9 Å². The molecule has 0 bridgehead atoms. The topological polar surface area (TPSA) is 118 Å². The van der Waals surface area contributed by atoms with Crippen molar-refractivity contribution in [2.45, 2.75) is 13.8 Å². The van der Waals surface area contributed by atoms with E-state index in [-0.39, 0.29) is 11.5 Å². The number of carbonyl (C=O) groups is 1. The van der Waals surface area contributed by atoms with Crippen molar-refractivity contribution in [3.63, 3.8) is 0 Å². The maximum atomic E-state index is 14.2. The van der Waals surface area contributed by atoms with Crippen molar-refractivity contribution in [3.05, 3.63) is 78.3 Å². The normalized spacial score (nSPS) is 11.6. The second kappa shape index (κ2) is 8.76. The highest BCUT2D eigenvalue weighted by Crippen LogP contribution is 2.36. The Kier molecular flexibility index (Phi) is 6.12. The van der Waals surface area contributed by atoms with E-state index in [1.54, 1.807) is 38.3 Å². The number of allylic oxidation sites excluding steroid dienone is 2. The van der Waals surface area contributed by atoms with Gasteiger partial charge in [0.25, 0.3) is 5.91 Å². The molecular formula is C23H24FN5O2. The van der Waals surface area contributed by atoms with E-state index < -0.39 is 11.7 Å². The van der Waals surface area contributed by atoms with Crippen LogP contribution in [0.2, 0.25) is 0 Å². The number of nitrogens with two attached hydrogens (primary N) is 2. The van der Waals surface area contributed by atoms with Crippen molar-refractivity contribution in [2.75, 3.05) is 10.7 Å². The number of benzene rings is 2. The molecule has 0 saturated heterocycles. The van der Waals surface area contributed by atoms with Crippen molar-refractivity contribution in [1.82, 2.24) is 4.98 Å². The van der Waals surface area contributed by atoms with Crippen LogP contribution in [0.3, 0.4) is 0 Å². The Morgan fingerprint density at radius 3 is 2.58 bits per heavy atom. The summed E-state index contributed by atoms with van der Waals surface area (Å²) in [5.74, 6) is 5.35. The van der Waals surface area contributed by atoms with Crippen molar-refractivity contribution in [1.29, 1.82) is 0 Å². The monoisotopic (exact) mass is 421 g/mol. The van der Waals surface area contributed by atoms with Gasteiger partial charge in [-0.15, -0.1) is 0 Å². The zero-order chi connectivity index (χ0) is 22.7. The molecule has 2 aromatic carbocycles. The highest BCUT2D eigenvalue weighted by atomic mass is 19.1. The molecule has 0 aliphatic heterocycles. The van der Waals surface area contributed by atoms with Crippen LogP contribution in [0.5, 0.6) is 0 Å². The molecule has 1 amide bonds. The summed E-state index contributed by atoms with van der Waals surface area (Å²) in [5, 5.41) is 3.57. The van der Waals surface area contributed by atoms with Crippen molar-refractivity contribution in [3.8, 4) is 11.1 Å². The van der Waals surface area contributed by atoms with Crippen LogP contribution in [0.4, 0.5) is 15.8 Å². The fraction of sp³-hybridized carbons (Fsp3) is 0.0870. The maximum Gasteiger partial charge on any atom is 0.275 e. The van der Waals surface area contributed by atoms with Crippen molar-refractivity contribution >= 4 is 34.3 Å². The maximum absolute atomic E-state index is 14.2. The minimum atomic E-state index is -0.576. The van der Waals surface area contributed by atoms with E-state index in [4.69, 9.17) is 16.3 Å². The third-order valence-corrected chi connectivity index (χ3v) is 4.68. The van der Waals surface area contributed by atoms with E-state index >= 15 is 0 Å². The van der Waals surface area contributed by atoms with Crippen molar-refractivity contribution in [2.24, 2.45) is 11.6 Å². The first-order chi connectivity index (χ1) is 14.7. The van der Waals surface area contributed by atoms with E-state index in [0.717, 1.165) is 5.39 Å². The Morgan fingerprint density at radius 1 is 1.23 bits per heavy atom. The summed E-state index contributed by atoms with van der Waals surface area (Å²) in [4.78, 5) is 15.7. The number of halogens is 1. The summed E-state index contributed by atoms with van der Waals surface area (Å²) in [6.07, 6.45) is 3.27. The van der Waals surface area contributed by atoms with E-state index in [1.165, 1.54) is 12.1 Å². The molecule has 0 aliphatic carbocycles. The van der Waals surface area contributed by atoms with Gasteiger partial charge in [0.1, 0.15) is 17.3 Å². The molecule has 1 aromatic heterocycles. The van der Waals surface area contributed by atoms with E-state index in [1.807, 2.05) is 6.07 Å². The van der Waals surface area contributed by atoms with Crippen LogP contribution >= 0.6 is 0 Å². The van der Waals surface area contributed by atoms with Gasteiger partial charge in [0.2, 0.25) is 0 Å². The van der Waals surface area contributed by atoms with Gasteiger partial charge in [0.15, 0.2) is 0 Å². The summed E-state index contributed by atoms with van der Waals surface area (Å²) >= 11 is 0. The number of aromatic amines is 1. The molecule has 0 spiro atoms. The molecule has 3 rings (SSSR count).